The number of rotatable bonds is 7. The molecule has 0 radical (unpaired) electrons. The standard InChI is InChI=1S/C13H21NO2/c1-11(14-2)12-6-4-7-13(10-12)16-9-5-8-15-3/h4,6-7,10-11,14H,5,8-9H2,1-3H3. The van der Waals surface area contributed by atoms with Crippen LogP contribution in [0.4, 0.5) is 0 Å². The third-order valence-electron chi connectivity index (χ3n) is 2.55. The largest absolute Gasteiger partial charge is 0.493 e. The van der Waals surface area contributed by atoms with E-state index in [1.165, 1.54) is 5.56 Å². The van der Waals surface area contributed by atoms with E-state index >= 15 is 0 Å². The lowest BCUT2D eigenvalue weighted by molar-refractivity contribution is 0.172. The topological polar surface area (TPSA) is 30.5 Å². The van der Waals surface area contributed by atoms with Gasteiger partial charge in [0.05, 0.1) is 6.61 Å². The fourth-order valence-corrected chi connectivity index (χ4v) is 1.43. The van der Waals surface area contributed by atoms with E-state index in [1.807, 2.05) is 19.2 Å². The van der Waals surface area contributed by atoms with E-state index in [9.17, 15) is 0 Å². The number of methoxy groups -OCH3 is 1. The highest BCUT2D eigenvalue weighted by molar-refractivity contribution is 5.30. The summed E-state index contributed by atoms with van der Waals surface area (Å²) in [5, 5.41) is 3.21. The Morgan fingerprint density at radius 2 is 2.12 bits per heavy atom. The molecule has 1 N–H and O–H groups in total. The normalized spacial score (nSPS) is 12.4. The third-order valence-corrected chi connectivity index (χ3v) is 2.55. The van der Waals surface area contributed by atoms with Crippen LogP contribution in [0.25, 0.3) is 0 Å². The van der Waals surface area contributed by atoms with Gasteiger partial charge < -0.3 is 14.8 Å². The Bertz CT molecular complexity index is 302. The van der Waals surface area contributed by atoms with Crippen LogP contribution in [-0.2, 0) is 4.74 Å². The zero-order valence-corrected chi connectivity index (χ0v) is 10.3. The Kier molecular flexibility index (Phi) is 5.90. The fourth-order valence-electron chi connectivity index (χ4n) is 1.43. The second-order valence-electron chi connectivity index (χ2n) is 3.78. The Morgan fingerprint density at radius 1 is 1.31 bits per heavy atom. The zero-order chi connectivity index (χ0) is 11.8. The molecule has 0 aromatic heterocycles. The fraction of sp³-hybridized carbons (Fsp3) is 0.538. The quantitative estimate of drug-likeness (QED) is 0.720. The van der Waals surface area contributed by atoms with Crippen molar-refractivity contribution in [2.45, 2.75) is 19.4 Å². The average molecular weight is 223 g/mol. The maximum absolute atomic E-state index is 5.64. The molecule has 0 saturated heterocycles. The van der Waals surface area contributed by atoms with Crippen molar-refractivity contribution in [2.75, 3.05) is 27.4 Å². The highest BCUT2D eigenvalue weighted by atomic mass is 16.5. The summed E-state index contributed by atoms with van der Waals surface area (Å²) in [5.74, 6) is 0.927. The predicted molar refractivity (Wildman–Crippen MR) is 65.9 cm³/mol. The molecule has 0 aliphatic carbocycles. The van der Waals surface area contributed by atoms with Gasteiger partial charge in [-0.25, -0.2) is 0 Å². The summed E-state index contributed by atoms with van der Waals surface area (Å²) in [7, 11) is 3.66. The van der Waals surface area contributed by atoms with Crippen molar-refractivity contribution in [1.29, 1.82) is 0 Å². The second kappa shape index (κ2) is 7.25. The average Bonchev–Trinajstić information content (AvgIpc) is 2.34. The van der Waals surface area contributed by atoms with E-state index in [0.717, 1.165) is 18.8 Å². The van der Waals surface area contributed by atoms with Crippen molar-refractivity contribution in [1.82, 2.24) is 5.32 Å². The Hall–Kier alpha value is -1.06. The van der Waals surface area contributed by atoms with E-state index < -0.39 is 0 Å². The maximum atomic E-state index is 5.64. The van der Waals surface area contributed by atoms with Crippen molar-refractivity contribution < 1.29 is 9.47 Å². The van der Waals surface area contributed by atoms with Crippen LogP contribution in [0.15, 0.2) is 24.3 Å². The molecule has 1 atom stereocenters. The molecule has 1 aromatic rings. The monoisotopic (exact) mass is 223 g/mol. The van der Waals surface area contributed by atoms with Gasteiger partial charge in [0, 0.05) is 26.2 Å². The van der Waals surface area contributed by atoms with Gasteiger partial charge in [0.25, 0.3) is 0 Å². The first-order chi connectivity index (χ1) is 7.77. The van der Waals surface area contributed by atoms with Crippen LogP contribution < -0.4 is 10.1 Å². The summed E-state index contributed by atoms with van der Waals surface area (Å²) in [4.78, 5) is 0. The third kappa shape index (κ3) is 4.21. The zero-order valence-electron chi connectivity index (χ0n) is 10.3. The Labute approximate surface area is 97.8 Å². The molecule has 0 aliphatic heterocycles. The molecular weight excluding hydrogens is 202 g/mol. The van der Waals surface area contributed by atoms with Gasteiger partial charge in [-0.3, -0.25) is 0 Å². The van der Waals surface area contributed by atoms with E-state index in [1.54, 1.807) is 7.11 Å². The predicted octanol–water partition coefficient (Wildman–Crippen LogP) is 2.38. The minimum atomic E-state index is 0.350. The van der Waals surface area contributed by atoms with E-state index in [-0.39, 0.29) is 0 Å². The van der Waals surface area contributed by atoms with Crippen LogP contribution in [0.2, 0.25) is 0 Å². The van der Waals surface area contributed by atoms with Gasteiger partial charge in [0.2, 0.25) is 0 Å². The Balaban J connectivity index is 2.47. The lowest BCUT2D eigenvalue weighted by atomic mass is 10.1. The SMILES string of the molecule is CNC(C)c1cccc(OCCCOC)c1. The van der Waals surface area contributed by atoms with E-state index in [4.69, 9.17) is 9.47 Å². The number of hydrogen-bond donors (Lipinski definition) is 1. The molecule has 0 bridgehead atoms. The van der Waals surface area contributed by atoms with Crippen LogP contribution in [0.3, 0.4) is 0 Å². The van der Waals surface area contributed by atoms with Gasteiger partial charge in [0.1, 0.15) is 5.75 Å². The molecule has 16 heavy (non-hydrogen) atoms. The number of ether oxygens (including phenoxy) is 2. The lowest BCUT2D eigenvalue weighted by Gasteiger charge is -2.12. The van der Waals surface area contributed by atoms with E-state index in [2.05, 4.69) is 24.4 Å². The van der Waals surface area contributed by atoms with E-state index in [0.29, 0.717) is 12.6 Å². The summed E-state index contributed by atoms with van der Waals surface area (Å²) in [5.41, 5.74) is 1.24. The molecular formula is C13H21NO2. The molecule has 90 valence electrons. The molecule has 1 rings (SSSR count). The van der Waals surface area contributed by atoms with Gasteiger partial charge in [0.15, 0.2) is 0 Å². The van der Waals surface area contributed by atoms with Gasteiger partial charge in [-0.05, 0) is 31.7 Å². The van der Waals surface area contributed by atoms with Gasteiger partial charge in [-0.1, -0.05) is 12.1 Å². The van der Waals surface area contributed by atoms with Crippen LogP contribution in [0.5, 0.6) is 5.75 Å². The van der Waals surface area contributed by atoms with Crippen LogP contribution in [0, 0.1) is 0 Å². The summed E-state index contributed by atoms with van der Waals surface area (Å²) in [6.07, 6.45) is 0.919. The van der Waals surface area contributed by atoms with Crippen LogP contribution in [0.1, 0.15) is 24.9 Å². The van der Waals surface area contributed by atoms with Crippen molar-refractivity contribution in [3.8, 4) is 5.75 Å². The summed E-state index contributed by atoms with van der Waals surface area (Å²) in [6, 6.07) is 8.53. The summed E-state index contributed by atoms with van der Waals surface area (Å²) >= 11 is 0. The first kappa shape index (κ1) is 13.0. The summed E-state index contributed by atoms with van der Waals surface area (Å²) < 4.78 is 10.6. The molecule has 1 aromatic carbocycles. The molecule has 0 amide bonds. The van der Waals surface area contributed by atoms with Crippen molar-refractivity contribution in [3.05, 3.63) is 29.8 Å². The van der Waals surface area contributed by atoms with Gasteiger partial charge in [-0.2, -0.15) is 0 Å². The molecule has 0 fully saturated rings. The number of hydrogen-bond acceptors (Lipinski definition) is 3. The minimum absolute atomic E-state index is 0.350. The van der Waals surface area contributed by atoms with Crippen molar-refractivity contribution in [2.24, 2.45) is 0 Å². The Morgan fingerprint density at radius 3 is 2.81 bits per heavy atom. The molecule has 0 aliphatic rings. The smallest absolute Gasteiger partial charge is 0.119 e. The van der Waals surface area contributed by atoms with Gasteiger partial charge in [-0.15, -0.1) is 0 Å². The van der Waals surface area contributed by atoms with Gasteiger partial charge >= 0.3 is 0 Å². The van der Waals surface area contributed by atoms with Crippen molar-refractivity contribution >= 4 is 0 Å². The lowest BCUT2D eigenvalue weighted by Crippen LogP contribution is -2.12. The second-order valence-corrected chi connectivity index (χ2v) is 3.78. The number of nitrogens with one attached hydrogen (secondary N) is 1. The molecule has 0 spiro atoms. The highest BCUT2D eigenvalue weighted by Crippen LogP contribution is 2.18. The summed E-state index contributed by atoms with van der Waals surface area (Å²) in [6.45, 7) is 3.57. The van der Waals surface area contributed by atoms with Crippen LogP contribution in [-0.4, -0.2) is 27.4 Å². The minimum Gasteiger partial charge on any atom is -0.493 e. The molecule has 0 saturated carbocycles. The maximum Gasteiger partial charge on any atom is 0.119 e. The van der Waals surface area contributed by atoms with Crippen LogP contribution >= 0.6 is 0 Å². The first-order valence-corrected chi connectivity index (χ1v) is 5.67. The van der Waals surface area contributed by atoms with Crippen molar-refractivity contribution in [3.63, 3.8) is 0 Å². The molecule has 0 heterocycles. The molecule has 3 heteroatoms. The molecule has 3 nitrogen and oxygen atoms in total. The first-order valence-electron chi connectivity index (χ1n) is 5.67. The number of benzene rings is 1. The molecule has 1 unspecified atom stereocenters. The highest BCUT2D eigenvalue weighted by Gasteiger charge is 2.03.